The van der Waals surface area contributed by atoms with Gasteiger partial charge in [-0.15, -0.1) is 11.3 Å². The molecule has 0 aliphatic carbocycles. The molecule has 1 aliphatic heterocycles. The summed E-state index contributed by atoms with van der Waals surface area (Å²) in [4.78, 5) is 41.1. The standard InChI is InChI=1S/C27H21ClFN3O4S/c1-14-2-4-15(5-3-14)21-13-20(31-32(21)27(36)19(29)12-22(33)34)24-23(16-6-8-17(28)9-7-16)18-10-11-37-26(18)30-25(24)35/h2-11,19,21H,12-13H2,1H3,(H,30,35)(H,33,34)/t19?,21-/m1/s1. The first-order chi connectivity index (χ1) is 17.7. The van der Waals surface area contributed by atoms with Gasteiger partial charge in [-0.05, 0) is 41.6 Å². The number of nitrogens with zero attached hydrogens (tertiary/aromatic N) is 2. The zero-order valence-electron chi connectivity index (χ0n) is 19.6. The lowest BCUT2D eigenvalue weighted by atomic mass is 9.92. The van der Waals surface area contributed by atoms with Crippen LogP contribution in [0.15, 0.2) is 69.9 Å². The highest BCUT2D eigenvalue weighted by Gasteiger charge is 2.38. The van der Waals surface area contributed by atoms with Gasteiger partial charge in [-0.1, -0.05) is 53.6 Å². The van der Waals surface area contributed by atoms with E-state index < -0.39 is 36.1 Å². The molecule has 1 aliphatic rings. The molecule has 0 fully saturated rings. The number of aromatic nitrogens is 1. The maximum Gasteiger partial charge on any atom is 0.306 e. The second-order valence-electron chi connectivity index (χ2n) is 8.80. The zero-order valence-corrected chi connectivity index (χ0v) is 21.1. The Labute approximate surface area is 219 Å². The molecule has 3 heterocycles. The minimum absolute atomic E-state index is 0.147. The average Bonchev–Trinajstić information content (AvgIpc) is 3.50. The number of aryl methyl sites for hydroxylation is 1. The van der Waals surface area contributed by atoms with E-state index in [0.717, 1.165) is 21.5 Å². The fourth-order valence-electron chi connectivity index (χ4n) is 4.51. The first-order valence-corrected chi connectivity index (χ1v) is 12.7. The van der Waals surface area contributed by atoms with Crippen LogP contribution in [0, 0.1) is 6.92 Å². The van der Waals surface area contributed by atoms with Crippen LogP contribution in [0.3, 0.4) is 0 Å². The molecule has 1 amide bonds. The lowest BCUT2D eigenvalue weighted by molar-refractivity contribution is -0.146. The predicted molar refractivity (Wildman–Crippen MR) is 142 cm³/mol. The van der Waals surface area contributed by atoms with Crippen LogP contribution in [0.1, 0.15) is 35.6 Å². The molecule has 2 aromatic carbocycles. The lowest BCUT2D eigenvalue weighted by Crippen LogP contribution is -2.35. The van der Waals surface area contributed by atoms with E-state index >= 15 is 0 Å². The first-order valence-electron chi connectivity index (χ1n) is 11.5. The van der Waals surface area contributed by atoms with E-state index in [1.807, 2.05) is 42.6 Å². The van der Waals surface area contributed by atoms with Gasteiger partial charge in [-0.2, -0.15) is 5.10 Å². The van der Waals surface area contributed by atoms with Crippen LogP contribution < -0.4 is 5.56 Å². The highest BCUT2D eigenvalue weighted by Crippen LogP contribution is 2.38. The summed E-state index contributed by atoms with van der Waals surface area (Å²) >= 11 is 7.49. The Hall–Kier alpha value is -3.82. The second kappa shape index (κ2) is 9.91. The number of benzene rings is 2. The number of rotatable bonds is 6. The summed E-state index contributed by atoms with van der Waals surface area (Å²) < 4.78 is 14.7. The molecule has 4 aromatic rings. The molecule has 2 aromatic heterocycles. The predicted octanol–water partition coefficient (Wildman–Crippen LogP) is 5.71. The molecule has 7 nitrogen and oxygen atoms in total. The number of halogens is 2. The maximum atomic E-state index is 14.7. The summed E-state index contributed by atoms with van der Waals surface area (Å²) in [5, 5.41) is 17.7. The Bertz CT molecular complexity index is 1590. The van der Waals surface area contributed by atoms with E-state index in [-0.39, 0.29) is 12.0 Å². The summed E-state index contributed by atoms with van der Waals surface area (Å²) in [5.41, 5.74) is 3.26. The molecule has 2 N–H and O–H groups in total. The van der Waals surface area contributed by atoms with Gasteiger partial charge in [0.05, 0.1) is 23.7 Å². The van der Waals surface area contributed by atoms with Crippen molar-refractivity contribution >= 4 is 50.7 Å². The third kappa shape index (κ3) is 4.80. The highest BCUT2D eigenvalue weighted by molar-refractivity contribution is 7.16. The van der Waals surface area contributed by atoms with Crippen molar-refractivity contribution in [2.45, 2.75) is 32.0 Å². The molecule has 0 saturated carbocycles. The van der Waals surface area contributed by atoms with Gasteiger partial charge in [0.1, 0.15) is 4.83 Å². The molecule has 10 heteroatoms. The number of carbonyl (C=O) groups excluding carboxylic acids is 1. The number of carboxylic acid groups (broad SMARTS) is 1. The number of pyridine rings is 1. The molecule has 5 rings (SSSR count). The zero-order chi connectivity index (χ0) is 26.3. The number of H-pyrrole nitrogens is 1. The first kappa shape index (κ1) is 24.9. The van der Waals surface area contributed by atoms with E-state index in [2.05, 4.69) is 10.1 Å². The van der Waals surface area contributed by atoms with Crippen molar-refractivity contribution in [1.29, 1.82) is 0 Å². The molecule has 0 saturated heterocycles. The molecule has 0 radical (unpaired) electrons. The van der Waals surface area contributed by atoms with Crippen molar-refractivity contribution in [2.75, 3.05) is 0 Å². The summed E-state index contributed by atoms with van der Waals surface area (Å²) in [6.45, 7) is 1.92. The summed E-state index contributed by atoms with van der Waals surface area (Å²) in [6.07, 6.45) is -3.10. The van der Waals surface area contributed by atoms with Crippen LogP contribution in [0.2, 0.25) is 5.02 Å². The maximum absolute atomic E-state index is 14.7. The van der Waals surface area contributed by atoms with Crippen molar-refractivity contribution in [1.82, 2.24) is 9.99 Å². The van der Waals surface area contributed by atoms with Crippen LogP contribution in [0.4, 0.5) is 4.39 Å². The number of fused-ring (bicyclic) bond motifs is 1. The number of thiophene rings is 1. The normalized spacial score (nSPS) is 16.1. The van der Waals surface area contributed by atoms with Gasteiger partial charge in [0.25, 0.3) is 11.5 Å². The summed E-state index contributed by atoms with van der Waals surface area (Å²) in [7, 11) is 0. The van der Waals surface area contributed by atoms with Gasteiger partial charge < -0.3 is 10.1 Å². The van der Waals surface area contributed by atoms with Gasteiger partial charge in [-0.25, -0.2) is 9.40 Å². The number of aliphatic carboxylic acids is 1. The van der Waals surface area contributed by atoms with Gasteiger partial charge in [-0.3, -0.25) is 14.4 Å². The Balaban J connectivity index is 1.68. The number of aromatic amines is 1. The molecule has 0 spiro atoms. The number of alkyl halides is 1. The summed E-state index contributed by atoms with van der Waals surface area (Å²) in [6, 6.07) is 15.6. The third-order valence-corrected chi connectivity index (χ3v) is 7.36. The van der Waals surface area contributed by atoms with Crippen LogP contribution in [-0.4, -0.2) is 38.9 Å². The molecule has 2 atom stereocenters. The Morgan fingerprint density at radius 1 is 1.16 bits per heavy atom. The van der Waals surface area contributed by atoms with Gasteiger partial charge in [0, 0.05) is 22.4 Å². The minimum Gasteiger partial charge on any atom is -0.481 e. The molecular formula is C27H21ClFN3O4S. The van der Waals surface area contributed by atoms with Gasteiger partial charge in [0.15, 0.2) is 6.17 Å². The largest absolute Gasteiger partial charge is 0.481 e. The van der Waals surface area contributed by atoms with Crippen molar-refractivity contribution in [3.8, 4) is 11.1 Å². The number of hydrogen-bond acceptors (Lipinski definition) is 5. The van der Waals surface area contributed by atoms with Crippen molar-refractivity contribution in [3.63, 3.8) is 0 Å². The Kier molecular flexibility index (Phi) is 6.66. The van der Waals surface area contributed by atoms with Gasteiger partial charge >= 0.3 is 5.97 Å². The van der Waals surface area contributed by atoms with E-state index in [4.69, 9.17) is 16.7 Å². The molecule has 37 heavy (non-hydrogen) atoms. The molecule has 188 valence electrons. The van der Waals surface area contributed by atoms with E-state index in [1.165, 1.54) is 11.3 Å². The van der Waals surface area contributed by atoms with E-state index in [9.17, 15) is 18.8 Å². The number of hydrazone groups is 1. The van der Waals surface area contributed by atoms with Crippen molar-refractivity contribution < 1.29 is 19.1 Å². The second-order valence-corrected chi connectivity index (χ2v) is 10.2. The highest BCUT2D eigenvalue weighted by atomic mass is 35.5. The monoisotopic (exact) mass is 537 g/mol. The molecule has 1 unspecified atom stereocenters. The van der Waals surface area contributed by atoms with E-state index in [1.54, 1.807) is 24.3 Å². The topological polar surface area (TPSA) is 103 Å². The van der Waals surface area contributed by atoms with Crippen molar-refractivity contribution in [2.24, 2.45) is 5.10 Å². The lowest BCUT2D eigenvalue weighted by Gasteiger charge is -2.23. The molecular weight excluding hydrogens is 517 g/mol. The Morgan fingerprint density at radius 3 is 2.54 bits per heavy atom. The van der Waals surface area contributed by atoms with Crippen LogP contribution in [0.5, 0.6) is 0 Å². The number of hydrogen-bond donors (Lipinski definition) is 2. The van der Waals surface area contributed by atoms with E-state index in [0.29, 0.717) is 26.7 Å². The fourth-order valence-corrected chi connectivity index (χ4v) is 5.42. The number of nitrogens with one attached hydrogen (secondary N) is 1. The summed E-state index contributed by atoms with van der Waals surface area (Å²) in [5.74, 6) is -2.50. The molecule has 0 bridgehead atoms. The smallest absolute Gasteiger partial charge is 0.306 e. The third-order valence-electron chi connectivity index (χ3n) is 6.28. The van der Waals surface area contributed by atoms with Crippen LogP contribution >= 0.6 is 22.9 Å². The van der Waals surface area contributed by atoms with Gasteiger partial charge in [0.2, 0.25) is 0 Å². The number of amides is 1. The SMILES string of the molecule is Cc1ccc([C@H]2CC(c3c(-c4ccc(Cl)cc4)c4ccsc4[nH]c3=O)=NN2C(=O)C(F)CC(=O)O)cc1. The number of carbonyl (C=O) groups is 2. The van der Waals surface area contributed by atoms with Crippen molar-refractivity contribution in [3.05, 3.63) is 92.0 Å². The quantitative estimate of drug-likeness (QED) is 0.329. The van der Waals surface area contributed by atoms with Crippen LogP contribution in [-0.2, 0) is 9.59 Å². The van der Waals surface area contributed by atoms with Crippen LogP contribution in [0.25, 0.3) is 21.3 Å². The average molecular weight is 538 g/mol. The fraction of sp³-hybridized carbons (Fsp3) is 0.185. The number of carboxylic acids is 1. The minimum atomic E-state index is -2.28. The Morgan fingerprint density at radius 2 is 1.86 bits per heavy atom.